The zero-order valence-corrected chi connectivity index (χ0v) is 23.6. The number of fused-ring (bicyclic) bond motifs is 1. The number of hydrogen-bond donors (Lipinski definition) is 1. The fraction of sp³-hybridized carbons (Fsp3) is 0.280. The Kier molecular flexibility index (Phi) is 9.43. The summed E-state index contributed by atoms with van der Waals surface area (Å²) in [6.07, 6.45) is -1.12. The van der Waals surface area contributed by atoms with Crippen LogP contribution < -0.4 is 14.8 Å². The number of nitrogens with one attached hydrogen (secondary N) is 1. The van der Waals surface area contributed by atoms with Crippen molar-refractivity contribution in [3.63, 3.8) is 0 Å². The van der Waals surface area contributed by atoms with Gasteiger partial charge in [0.25, 0.3) is 11.1 Å². The Bertz CT molecular complexity index is 1540. The lowest BCUT2D eigenvalue weighted by Gasteiger charge is -2.07. The van der Waals surface area contributed by atoms with Gasteiger partial charge >= 0.3 is 6.29 Å². The van der Waals surface area contributed by atoms with Gasteiger partial charge in [0.15, 0.2) is 28.7 Å². The number of carbonyl (C=O) groups is 2. The summed E-state index contributed by atoms with van der Waals surface area (Å²) in [4.78, 5) is 31.0. The Hall–Kier alpha value is -4.10. The molecule has 5 rings (SSSR count). The van der Waals surface area contributed by atoms with Gasteiger partial charge in [0.1, 0.15) is 11.5 Å². The quantitative estimate of drug-likeness (QED) is 0.253. The molecule has 15 heteroatoms. The number of aryl methyl sites for hydroxylation is 2. The normalized spacial score (nSPS) is 12.6. The Morgan fingerprint density at radius 1 is 0.875 bits per heavy atom. The van der Waals surface area contributed by atoms with E-state index in [0.29, 0.717) is 28.2 Å². The Morgan fingerprint density at radius 3 is 1.88 bits per heavy atom. The Morgan fingerprint density at radius 2 is 1.43 bits per heavy atom. The zero-order chi connectivity index (χ0) is 29.8. The first-order valence-corrected chi connectivity index (χ1v) is 12.4. The molecule has 1 aliphatic heterocycles. The topological polar surface area (TPSA) is 142 Å². The predicted octanol–water partition coefficient (Wildman–Crippen LogP) is 6.67. The molecule has 0 radical (unpaired) electrons. The number of ether oxygens (including phenoxy) is 2. The molecule has 0 unspecified atom stereocenters. The molecule has 1 N–H and O–H groups in total. The van der Waals surface area contributed by atoms with E-state index in [-0.39, 0.29) is 39.4 Å². The number of amides is 1. The summed E-state index contributed by atoms with van der Waals surface area (Å²) in [6.45, 7) is 10.9. The van der Waals surface area contributed by atoms with E-state index >= 15 is 0 Å². The van der Waals surface area contributed by atoms with Crippen LogP contribution in [0.4, 0.5) is 14.6 Å². The number of hydrogen-bond acceptors (Lipinski definition) is 10. The van der Waals surface area contributed by atoms with E-state index in [1.165, 1.54) is 24.5 Å². The van der Waals surface area contributed by atoms with Crippen LogP contribution in [0, 0.1) is 27.7 Å². The van der Waals surface area contributed by atoms with Crippen LogP contribution in [0.2, 0.25) is 5.02 Å². The number of anilines is 1. The van der Waals surface area contributed by atoms with Gasteiger partial charge in [-0.3, -0.25) is 14.6 Å². The highest BCUT2D eigenvalue weighted by molar-refractivity contribution is 6.67. The van der Waals surface area contributed by atoms with Crippen molar-refractivity contribution in [3.05, 3.63) is 63.6 Å². The molecule has 11 nitrogen and oxygen atoms in total. The van der Waals surface area contributed by atoms with Gasteiger partial charge in [0.05, 0.1) is 23.1 Å². The van der Waals surface area contributed by atoms with Crippen LogP contribution in [0.5, 0.6) is 11.5 Å². The molecule has 4 heterocycles. The third-order valence-electron chi connectivity index (χ3n) is 5.38. The molecule has 0 atom stereocenters. The molecule has 0 fully saturated rings. The van der Waals surface area contributed by atoms with Gasteiger partial charge in [-0.25, -0.2) is 4.98 Å². The lowest BCUT2D eigenvalue weighted by Crippen LogP contribution is -2.25. The minimum absolute atomic E-state index is 0.125. The Balaban J connectivity index is 0.000000309. The van der Waals surface area contributed by atoms with E-state index in [1.807, 2.05) is 13.8 Å². The van der Waals surface area contributed by atoms with Crippen molar-refractivity contribution < 1.29 is 36.9 Å². The minimum atomic E-state index is -3.75. The maximum atomic E-state index is 13.2. The van der Waals surface area contributed by atoms with Gasteiger partial charge in [0.2, 0.25) is 0 Å². The first-order chi connectivity index (χ1) is 18.9. The van der Waals surface area contributed by atoms with Crippen LogP contribution in [0.25, 0.3) is 11.3 Å². The van der Waals surface area contributed by atoms with Crippen molar-refractivity contribution in [3.8, 4) is 22.8 Å². The van der Waals surface area contributed by atoms with E-state index in [9.17, 15) is 18.4 Å². The second-order valence-electron chi connectivity index (χ2n) is 7.89. The molecular weight excluding hydrogens is 575 g/mol. The van der Waals surface area contributed by atoms with Crippen LogP contribution in [-0.4, -0.2) is 37.7 Å². The number of alkyl halides is 2. The monoisotopic (exact) mass is 597 g/mol. The van der Waals surface area contributed by atoms with Crippen LogP contribution in [0.15, 0.2) is 33.6 Å². The molecule has 0 bridgehead atoms. The fourth-order valence-electron chi connectivity index (χ4n) is 3.11. The summed E-state index contributed by atoms with van der Waals surface area (Å²) in [6, 6.07) is 2.49. The van der Waals surface area contributed by atoms with Crippen molar-refractivity contribution in [2.45, 2.75) is 47.8 Å². The number of rotatable bonds is 4. The SMILES string of the molecule is CC.Cc1onc(C(=O)Cl)c1C.Cc1onc(C(=O)Nc2cnc(-c3cc4c(cc3Cl)OC(F)(F)O4)cn2)c1C. The Labute approximate surface area is 236 Å². The fourth-order valence-corrected chi connectivity index (χ4v) is 3.53. The van der Waals surface area contributed by atoms with Crippen molar-refractivity contribution in [1.29, 1.82) is 0 Å². The smallest absolute Gasteiger partial charge is 0.395 e. The van der Waals surface area contributed by atoms with Gasteiger partial charge in [0, 0.05) is 22.8 Å². The molecule has 1 amide bonds. The van der Waals surface area contributed by atoms with Crippen LogP contribution >= 0.6 is 23.2 Å². The number of benzene rings is 1. The second kappa shape index (κ2) is 12.4. The standard InChI is InChI=1S/C17H11ClF2N4O4.C6H6ClNO2.C2H6/c1-7-8(2)28-24-15(7)16(25)23-14-6-21-11(5-22-14)9-3-12-13(4-10(9)18)27-17(19,20)26-12;1-3-4(2)10-8-5(3)6(7)9;1-2/h3-6H,1-2H3,(H,22,23,25);1-2H3;1-2H3. The number of halogens is 4. The molecule has 0 saturated carbocycles. The summed E-state index contributed by atoms with van der Waals surface area (Å²) in [5.74, 6) is 0.491. The molecule has 1 aliphatic rings. The van der Waals surface area contributed by atoms with Crippen LogP contribution in [0.3, 0.4) is 0 Å². The largest absolute Gasteiger partial charge is 0.586 e. The van der Waals surface area contributed by atoms with Crippen molar-refractivity contribution in [2.75, 3.05) is 5.32 Å². The van der Waals surface area contributed by atoms with Crippen LogP contribution in [-0.2, 0) is 0 Å². The first-order valence-electron chi connectivity index (χ1n) is 11.6. The third-order valence-corrected chi connectivity index (χ3v) is 5.87. The molecule has 0 spiro atoms. The molecule has 0 saturated heterocycles. The van der Waals surface area contributed by atoms with E-state index in [1.54, 1.807) is 27.7 Å². The van der Waals surface area contributed by atoms with Crippen molar-refractivity contribution >= 4 is 40.2 Å². The molecule has 4 aromatic rings. The molecule has 40 heavy (non-hydrogen) atoms. The van der Waals surface area contributed by atoms with E-state index in [2.05, 4.69) is 35.1 Å². The zero-order valence-electron chi connectivity index (χ0n) is 22.1. The maximum absolute atomic E-state index is 13.2. The highest BCUT2D eigenvalue weighted by Gasteiger charge is 2.44. The van der Waals surface area contributed by atoms with Crippen LogP contribution in [0.1, 0.15) is 57.5 Å². The van der Waals surface area contributed by atoms with Gasteiger partial charge < -0.3 is 23.8 Å². The molecule has 1 aromatic carbocycles. The predicted molar refractivity (Wildman–Crippen MR) is 140 cm³/mol. The summed E-state index contributed by atoms with van der Waals surface area (Å²) in [5.41, 5.74) is 2.28. The van der Waals surface area contributed by atoms with Crippen molar-refractivity contribution in [2.24, 2.45) is 0 Å². The van der Waals surface area contributed by atoms with E-state index < -0.39 is 17.4 Å². The number of carbonyl (C=O) groups excluding carboxylic acids is 2. The third kappa shape index (κ3) is 6.72. The molecule has 0 aliphatic carbocycles. The lowest BCUT2D eigenvalue weighted by molar-refractivity contribution is -0.286. The molecule has 3 aromatic heterocycles. The van der Waals surface area contributed by atoms with E-state index in [4.69, 9.17) is 32.2 Å². The van der Waals surface area contributed by atoms with Gasteiger partial charge in [-0.2, -0.15) is 0 Å². The summed E-state index contributed by atoms with van der Waals surface area (Å²) in [7, 11) is 0. The van der Waals surface area contributed by atoms with Crippen molar-refractivity contribution in [1.82, 2.24) is 20.3 Å². The average Bonchev–Trinajstić information content (AvgIpc) is 3.53. The number of nitrogens with zero attached hydrogens (tertiary/aromatic N) is 4. The average molecular weight is 598 g/mol. The second-order valence-corrected chi connectivity index (χ2v) is 8.64. The van der Waals surface area contributed by atoms with Gasteiger partial charge in [-0.1, -0.05) is 35.8 Å². The number of aromatic nitrogens is 4. The first kappa shape index (κ1) is 30.4. The maximum Gasteiger partial charge on any atom is 0.586 e. The van der Waals surface area contributed by atoms with Gasteiger partial charge in [-0.05, 0) is 45.4 Å². The lowest BCUT2D eigenvalue weighted by atomic mass is 10.1. The highest BCUT2D eigenvalue weighted by atomic mass is 35.5. The highest BCUT2D eigenvalue weighted by Crippen LogP contribution is 2.45. The molecular formula is C25H23Cl2F2N5O6. The summed E-state index contributed by atoms with van der Waals surface area (Å²) in [5, 5.41) is 9.25. The summed E-state index contributed by atoms with van der Waals surface area (Å²) >= 11 is 11.3. The summed E-state index contributed by atoms with van der Waals surface area (Å²) < 4.78 is 44.8. The molecule has 212 valence electrons. The van der Waals surface area contributed by atoms with Gasteiger partial charge in [-0.15, -0.1) is 8.78 Å². The minimum Gasteiger partial charge on any atom is -0.395 e. The van der Waals surface area contributed by atoms with E-state index in [0.717, 1.165) is 0 Å².